The summed E-state index contributed by atoms with van der Waals surface area (Å²) in [6.45, 7) is -0.0374. The molecule has 0 saturated carbocycles. The van der Waals surface area contributed by atoms with Gasteiger partial charge in [-0.25, -0.2) is 0 Å². The molecule has 0 fully saturated rings. The Morgan fingerprint density at radius 3 is 1.55 bits per heavy atom. The van der Waals surface area contributed by atoms with Crippen LogP contribution in [0.2, 0.25) is 0 Å². The van der Waals surface area contributed by atoms with E-state index in [0.29, 0.717) is 20.1 Å². The van der Waals surface area contributed by atoms with Gasteiger partial charge < -0.3 is 24.7 Å². The van der Waals surface area contributed by atoms with Crippen LogP contribution in [-0.2, 0) is 22.6 Å². The Bertz CT molecular complexity index is 837. The van der Waals surface area contributed by atoms with E-state index in [0.717, 1.165) is 8.95 Å². The number of benzene rings is 2. The monoisotopic (exact) mass is 680 g/mol. The molecule has 0 aliphatic carbocycles. The van der Waals surface area contributed by atoms with Gasteiger partial charge in [0.25, 0.3) is 0 Å². The van der Waals surface area contributed by atoms with Gasteiger partial charge in [0.05, 0.1) is 22.0 Å². The fraction of sp³-hybridized carbons (Fsp3) is 0.143. The Hall–Kier alpha value is 0.421. The number of rotatable bonds is 8. The van der Waals surface area contributed by atoms with Crippen molar-refractivity contribution in [2.45, 2.75) is 13.1 Å². The minimum absolute atomic E-state index is 0. The van der Waals surface area contributed by atoms with Gasteiger partial charge in [-0.15, -0.1) is 0 Å². The SMILES string of the molecule is [K+].[O-]B(ON=NCc1cc(Br)cc(Br)c1O)ON=NCc1cc(Br)cc(Br)c1O. The molecule has 0 bridgehead atoms. The van der Waals surface area contributed by atoms with Gasteiger partial charge in [-0.05, 0) is 56.1 Å². The van der Waals surface area contributed by atoms with Gasteiger partial charge in [0.15, 0.2) is 0 Å². The second-order valence-corrected chi connectivity index (χ2v) is 8.59. The maximum absolute atomic E-state index is 11.4. The van der Waals surface area contributed by atoms with E-state index in [1.807, 2.05) is 0 Å². The van der Waals surface area contributed by atoms with Crippen molar-refractivity contribution in [3.63, 3.8) is 0 Å². The predicted octanol–water partition coefficient (Wildman–Crippen LogP) is 1.96. The number of phenolic OH excluding ortho intramolecular Hbond substituents is 2. The third-order valence-corrected chi connectivity index (χ3v) is 5.20. The molecule has 0 atom stereocenters. The first kappa shape index (κ1) is 27.5. The molecule has 0 aliphatic heterocycles. The van der Waals surface area contributed by atoms with Crippen molar-refractivity contribution in [1.82, 2.24) is 0 Å². The Balaban J connectivity index is 0.00000420. The zero-order valence-corrected chi connectivity index (χ0v) is 24.2. The number of aromatic hydroxyl groups is 2. The Labute approximate surface area is 242 Å². The van der Waals surface area contributed by atoms with Crippen LogP contribution in [0.5, 0.6) is 11.5 Å². The minimum Gasteiger partial charge on any atom is -0.805 e. The molecular weight excluding hydrogens is 674 g/mol. The topological polar surface area (TPSA) is 131 Å². The smallest absolute Gasteiger partial charge is 0.805 e. The molecule has 148 valence electrons. The molecule has 0 amide bonds. The minimum atomic E-state index is -2.07. The predicted molar refractivity (Wildman–Crippen MR) is 112 cm³/mol. The maximum atomic E-state index is 11.4. The van der Waals surface area contributed by atoms with E-state index in [9.17, 15) is 15.2 Å². The fourth-order valence-corrected chi connectivity index (χ4v) is 4.48. The van der Waals surface area contributed by atoms with E-state index in [-0.39, 0.29) is 76.0 Å². The van der Waals surface area contributed by atoms with E-state index in [2.05, 4.69) is 94.0 Å². The fourth-order valence-electron chi connectivity index (χ4n) is 1.85. The summed E-state index contributed by atoms with van der Waals surface area (Å²) in [7, 11) is -2.07. The summed E-state index contributed by atoms with van der Waals surface area (Å²) in [6.07, 6.45) is 0. The van der Waals surface area contributed by atoms with Crippen molar-refractivity contribution < 1.29 is 76.1 Å². The van der Waals surface area contributed by atoms with Crippen LogP contribution in [0.25, 0.3) is 0 Å². The van der Waals surface area contributed by atoms with Gasteiger partial charge in [-0.3, -0.25) is 0 Å². The molecule has 2 aromatic rings. The molecule has 0 saturated heterocycles. The second-order valence-electron chi connectivity index (χ2n) is 5.05. The van der Waals surface area contributed by atoms with Gasteiger partial charge in [0.1, 0.15) is 11.5 Å². The van der Waals surface area contributed by atoms with E-state index >= 15 is 0 Å². The summed E-state index contributed by atoms with van der Waals surface area (Å²) < 4.78 is 11.3. The summed E-state index contributed by atoms with van der Waals surface area (Å²) in [4.78, 5) is 0. The van der Waals surface area contributed by atoms with E-state index in [1.165, 1.54) is 0 Å². The summed E-state index contributed by atoms with van der Waals surface area (Å²) in [5.74, 6) is 0.0154. The van der Waals surface area contributed by atoms with Crippen molar-refractivity contribution in [3.8, 4) is 11.5 Å². The first-order valence-corrected chi connectivity index (χ1v) is 10.5. The van der Waals surface area contributed by atoms with Gasteiger partial charge >= 0.3 is 58.7 Å². The van der Waals surface area contributed by atoms with Crippen molar-refractivity contribution in [1.29, 1.82) is 0 Å². The van der Waals surface area contributed by atoms with Crippen LogP contribution in [0, 0.1) is 0 Å². The first-order valence-electron chi connectivity index (χ1n) is 7.32. The zero-order valence-electron chi connectivity index (χ0n) is 14.7. The maximum Gasteiger partial charge on any atom is 1.00 e. The van der Waals surface area contributed by atoms with Crippen LogP contribution in [0.4, 0.5) is 0 Å². The molecule has 2 rings (SSSR count). The summed E-state index contributed by atoms with van der Waals surface area (Å²) in [5, 5.41) is 44.9. The van der Waals surface area contributed by atoms with Crippen LogP contribution in [-0.4, -0.2) is 17.5 Å². The van der Waals surface area contributed by atoms with Gasteiger partial charge in [-0.1, -0.05) is 31.9 Å². The van der Waals surface area contributed by atoms with Crippen LogP contribution in [0.1, 0.15) is 11.1 Å². The Morgan fingerprint density at radius 2 is 1.17 bits per heavy atom. The number of nitrogens with zero attached hydrogens (tertiary/aromatic N) is 4. The normalized spacial score (nSPS) is 10.9. The van der Waals surface area contributed by atoms with Gasteiger partial charge in [-0.2, -0.15) is 10.2 Å². The average Bonchev–Trinajstić information content (AvgIpc) is 2.63. The molecule has 0 aliphatic rings. The molecule has 0 unspecified atom stereocenters. The molecule has 15 heteroatoms. The first-order chi connectivity index (χ1) is 13.3. The summed E-state index contributed by atoms with van der Waals surface area (Å²) in [6, 6.07) is 6.64. The average molecular weight is 684 g/mol. The van der Waals surface area contributed by atoms with Crippen molar-refractivity contribution in [3.05, 3.63) is 53.3 Å². The molecule has 2 N–H and O–H groups in total. The molecule has 0 spiro atoms. The third-order valence-electron chi connectivity index (χ3n) is 3.08. The van der Waals surface area contributed by atoms with Crippen LogP contribution >= 0.6 is 63.7 Å². The largest absolute Gasteiger partial charge is 1.00 e. The number of halogens is 4. The van der Waals surface area contributed by atoms with Crippen molar-refractivity contribution in [2.24, 2.45) is 20.8 Å². The molecule has 0 aromatic heterocycles. The van der Waals surface area contributed by atoms with Crippen molar-refractivity contribution >= 4 is 71.0 Å². The number of phenols is 2. The van der Waals surface area contributed by atoms with E-state index in [4.69, 9.17) is 0 Å². The second kappa shape index (κ2) is 13.8. The van der Waals surface area contributed by atoms with Crippen LogP contribution in [0.3, 0.4) is 0 Å². The quantitative estimate of drug-likeness (QED) is 0.250. The van der Waals surface area contributed by atoms with Gasteiger partial charge in [0.2, 0.25) is 0 Å². The molecule has 9 nitrogen and oxygen atoms in total. The standard InChI is InChI=1S/C14H10BBr4N4O5.K/c16-9-1-7(13(24)11(18)3-9)5-20-22-27-15(26)28-23-21-6-8-2-10(17)4-12(19)14(8)25;/h1-4,24-25H,5-6H2;/q-1;+1. The molecule has 2 aromatic carbocycles. The Morgan fingerprint density at radius 1 is 0.793 bits per heavy atom. The molecule has 29 heavy (non-hydrogen) atoms. The number of hydrogen-bond donors (Lipinski definition) is 2. The van der Waals surface area contributed by atoms with Crippen LogP contribution in [0.15, 0.2) is 62.9 Å². The van der Waals surface area contributed by atoms with E-state index < -0.39 is 7.32 Å². The van der Waals surface area contributed by atoms with Crippen molar-refractivity contribution in [2.75, 3.05) is 0 Å². The van der Waals surface area contributed by atoms with Gasteiger partial charge in [0, 0.05) is 30.6 Å². The Kier molecular flexibility index (Phi) is 13.0. The van der Waals surface area contributed by atoms with Crippen LogP contribution < -0.4 is 56.4 Å². The summed E-state index contributed by atoms with van der Waals surface area (Å²) in [5.41, 5.74) is 0.938. The molecular formula is C14H10BBr4KN4O5. The summed E-state index contributed by atoms with van der Waals surface area (Å²) >= 11 is 13.0. The van der Waals surface area contributed by atoms with E-state index in [1.54, 1.807) is 24.3 Å². The molecule has 0 radical (unpaired) electrons. The number of hydrogen-bond acceptors (Lipinski definition) is 9. The zero-order chi connectivity index (χ0) is 20.7. The third kappa shape index (κ3) is 9.21. The molecule has 0 heterocycles.